The van der Waals surface area contributed by atoms with Crippen molar-refractivity contribution in [3.8, 4) is 16.9 Å². The van der Waals surface area contributed by atoms with Crippen LogP contribution in [0.3, 0.4) is 0 Å². The molecule has 0 bridgehead atoms. The predicted molar refractivity (Wildman–Crippen MR) is 78.3 cm³/mol. The third kappa shape index (κ3) is 3.15. The zero-order valence-corrected chi connectivity index (χ0v) is 11.0. The van der Waals surface area contributed by atoms with Crippen molar-refractivity contribution in [1.82, 2.24) is 0 Å². The highest BCUT2D eigenvalue weighted by atomic mass is 16.5. The highest BCUT2D eigenvalue weighted by Crippen LogP contribution is 2.28. The van der Waals surface area contributed by atoms with Crippen molar-refractivity contribution in [2.45, 2.75) is 25.4 Å². The summed E-state index contributed by atoms with van der Waals surface area (Å²) in [5.41, 5.74) is 9.31. The Hall–Kier alpha value is -1.80. The van der Waals surface area contributed by atoms with E-state index in [0.29, 0.717) is 12.6 Å². The summed E-state index contributed by atoms with van der Waals surface area (Å²) in [7, 11) is 0. The van der Waals surface area contributed by atoms with Crippen LogP contribution in [0.4, 0.5) is 0 Å². The van der Waals surface area contributed by atoms with E-state index in [2.05, 4.69) is 48.5 Å². The van der Waals surface area contributed by atoms with E-state index < -0.39 is 0 Å². The first-order chi connectivity index (χ1) is 9.35. The molecule has 0 aromatic heterocycles. The minimum absolute atomic E-state index is 0.460. The predicted octanol–water partition coefficient (Wildman–Crippen LogP) is 3.40. The van der Waals surface area contributed by atoms with Crippen molar-refractivity contribution in [2.24, 2.45) is 5.73 Å². The Morgan fingerprint density at radius 1 is 0.895 bits per heavy atom. The van der Waals surface area contributed by atoms with Gasteiger partial charge in [0.2, 0.25) is 0 Å². The van der Waals surface area contributed by atoms with E-state index in [1.165, 1.54) is 29.5 Å². The van der Waals surface area contributed by atoms with Gasteiger partial charge in [0.15, 0.2) is 0 Å². The number of nitrogens with two attached hydrogens (primary N) is 1. The summed E-state index contributed by atoms with van der Waals surface area (Å²) in [6.07, 6.45) is 3.80. The van der Waals surface area contributed by atoms with Gasteiger partial charge in [-0.3, -0.25) is 0 Å². The molecule has 1 aliphatic carbocycles. The molecular formula is C17H19NO. The van der Waals surface area contributed by atoms with E-state index in [4.69, 9.17) is 10.5 Å². The Bertz CT molecular complexity index is 526. The van der Waals surface area contributed by atoms with E-state index >= 15 is 0 Å². The van der Waals surface area contributed by atoms with Gasteiger partial charge in [-0.15, -0.1) is 0 Å². The van der Waals surface area contributed by atoms with Gasteiger partial charge in [0, 0.05) is 0 Å². The fourth-order valence-corrected chi connectivity index (χ4v) is 2.13. The van der Waals surface area contributed by atoms with Crippen molar-refractivity contribution < 1.29 is 4.74 Å². The molecule has 0 saturated heterocycles. The van der Waals surface area contributed by atoms with Gasteiger partial charge in [0.1, 0.15) is 5.75 Å². The monoisotopic (exact) mass is 253 g/mol. The van der Waals surface area contributed by atoms with Gasteiger partial charge in [0.05, 0.1) is 6.10 Å². The summed E-state index contributed by atoms with van der Waals surface area (Å²) >= 11 is 0. The van der Waals surface area contributed by atoms with Gasteiger partial charge in [-0.2, -0.15) is 0 Å². The second-order valence-corrected chi connectivity index (χ2v) is 5.08. The molecule has 0 aliphatic heterocycles. The van der Waals surface area contributed by atoms with Crippen molar-refractivity contribution >= 4 is 0 Å². The Morgan fingerprint density at radius 2 is 1.47 bits per heavy atom. The van der Waals surface area contributed by atoms with Crippen LogP contribution in [0.25, 0.3) is 11.1 Å². The summed E-state index contributed by atoms with van der Waals surface area (Å²) in [5, 5.41) is 0. The van der Waals surface area contributed by atoms with Crippen LogP contribution in [-0.4, -0.2) is 12.6 Å². The molecule has 0 spiro atoms. The van der Waals surface area contributed by atoms with Crippen LogP contribution in [0.1, 0.15) is 18.4 Å². The van der Waals surface area contributed by atoms with E-state index in [1.807, 2.05) is 0 Å². The number of hydrogen-bond donors (Lipinski definition) is 1. The summed E-state index contributed by atoms with van der Waals surface area (Å²) in [6.45, 7) is 0.701. The summed E-state index contributed by atoms with van der Waals surface area (Å²) in [5.74, 6) is 0.978. The van der Waals surface area contributed by atoms with Crippen LogP contribution >= 0.6 is 0 Å². The van der Waals surface area contributed by atoms with Crippen molar-refractivity contribution in [2.75, 3.05) is 6.54 Å². The molecule has 19 heavy (non-hydrogen) atoms. The molecule has 2 aromatic carbocycles. The molecule has 2 aromatic rings. The number of hydrogen-bond acceptors (Lipinski definition) is 2. The third-order valence-electron chi connectivity index (χ3n) is 3.40. The minimum atomic E-state index is 0.460. The van der Waals surface area contributed by atoms with Gasteiger partial charge in [-0.05, 0) is 54.6 Å². The van der Waals surface area contributed by atoms with E-state index in [-0.39, 0.29) is 0 Å². The van der Waals surface area contributed by atoms with E-state index in [0.717, 1.165) is 12.2 Å². The fourth-order valence-electron chi connectivity index (χ4n) is 2.13. The molecule has 1 aliphatic rings. The molecule has 0 unspecified atom stereocenters. The molecule has 0 amide bonds. The molecule has 2 N–H and O–H groups in total. The Balaban J connectivity index is 1.73. The van der Waals surface area contributed by atoms with Gasteiger partial charge in [-0.25, -0.2) is 0 Å². The first kappa shape index (κ1) is 12.2. The maximum absolute atomic E-state index is 5.75. The first-order valence-electron chi connectivity index (χ1n) is 6.91. The van der Waals surface area contributed by atoms with Crippen LogP contribution in [0.2, 0.25) is 0 Å². The number of benzene rings is 2. The molecule has 2 heteroatoms. The van der Waals surface area contributed by atoms with Gasteiger partial charge in [-0.1, -0.05) is 36.4 Å². The van der Waals surface area contributed by atoms with Crippen LogP contribution in [0.5, 0.6) is 5.75 Å². The summed E-state index contributed by atoms with van der Waals surface area (Å²) in [6, 6.07) is 17.0. The zero-order valence-electron chi connectivity index (χ0n) is 11.0. The smallest absolute Gasteiger partial charge is 0.119 e. The van der Waals surface area contributed by atoms with Gasteiger partial charge in [0.25, 0.3) is 0 Å². The summed E-state index contributed by atoms with van der Waals surface area (Å²) < 4.78 is 5.75. The van der Waals surface area contributed by atoms with Crippen molar-refractivity contribution in [1.29, 1.82) is 0 Å². The largest absolute Gasteiger partial charge is 0.490 e. The molecule has 2 nitrogen and oxygen atoms in total. The summed E-state index contributed by atoms with van der Waals surface area (Å²) in [4.78, 5) is 0. The molecular weight excluding hydrogens is 234 g/mol. The highest BCUT2D eigenvalue weighted by Gasteiger charge is 2.23. The Kier molecular flexibility index (Phi) is 3.51. The van der Waals surface area contributed by atoms with Crippen LogP contribution in [-0.2, 0) is 6.42 Å². The van der Waals surface area contributed by atoms with E-state index in [9.17, 15) is 0 Å². The Morgan fingerprint density at radius 3 is 2.00 bits per heavy atom. The van der Waals surface area contributed by atoms with Crippen LogP contribution in [0.15, 0.2) is 48.5 Å². The maximum atomic E-state index is 5.75. The van der Waals surface area contributed by atoms with Crippen LogP contribution in [0, 0.1) is 0 Å². The third-order valence-corrected chi connectivity index (χ3v) is 3.40. The zero-order chi connectivity index (χ0) is 13.1. The second-order valence-electron chi connectivity index (χ2n) is 5.08. The SMILES string of the molecule is NCCc1ccc(-c2ccc(OC3CC3)cc2)cc1. The van der Waals surface area contributed by atoms with Crippen LogP contribution < -0.4 is 10.5 Å². The molecule has 0 heterocycles. The average Bonchev–Trinajstić information content (AvgIpc) is 3.25. The topological polar surface area (TPSA) is 35.2 Å². The quantitative estimate of drug-likeness (QED) is 0.886. The van der Waals surface area contributed by atoms with Crippen molar-refractivity contribution in [3.05, 3.63) is 54.1 Å². The average molecular weight is 253 g/mol. The number of rotatable bonds is 5. The minimum Gasteiger partial charge on any atom is -0.490 e. The lowest BCUT2D eigenvalue weighted by atomic mass is 10.0. The second kappa shape index (κ2) is 5.45. The molecule has 3 rings (SSSR count). The fraction of sp³-hybridized carbons (Fsp3) is 0.294. The van der Waals surface area contributed by atoms with E-state index in [1.54, 1.807) is 0 Å². The molecule has 0 atom stereocenters. The van der Waals surface area contributed by atoms with Gasteiger partial charge < -0.3 is 10.5 Å². The molecule has 98 valence electrons. The Labute approximate surface area is 114 Å². The highest BCUT2D eigenvalue weighted by molar-refractivity contribution is 5.64. The lowest BCUT2D eigenvalue weighted by Crippen LogP contribution is -2.02. The van der Waals surface area contributed by atoms with Crippen molar-refractivity contribution in [3.63, 3.8) is 0 Å². The first-order valence-corrected chi connectivity index (χ1v) is 6.91. The lowest BCUT2D eigenvalue weighted by Gasteiger charge is -2.07. The van der Waals surface area contributed by atoms with Gasteiger partial charge >= 0.3 is 0 Å². The molecule has 1 saturated carbocycles. The molecule has 0 radical (unpaired) electrons. The molecule has 1 fully saturated rings. The standard InChI is InChI=1S/C17H19NO/c18-12-11-13-1-3-14(4-2-13)15-5-7-16(8-6-15)19-17-9-10-17/h1-8,17H,9-12,18H2. The normalized spacial score (nSPS) is 14.4. The maximum Gasteiger partial charge on any atom is 0.119 e. The number of ether oxygens (including phenoxy) is 1. The lowest BCUT2D eigenvalue weighted by molar-refractivity contribution is 0.303.